The van der Waals surface area contributed by atoms with Gasteiger partial charge in [-0.25, -0.2) is 0 Å². The Bertz CT molecular complexity index is 162. The van der Waals surface area contributed by atoms with E-state index in [1.165, 1.54) is 57.8 Å². The minimum absolute atomic E-state index is 0. The highest BCUT2D eigenvalue weighted by Gasteiger charge is 2.11. The fraction of sp³-hybridized carbons (Fsp3) is 1.00. The standard InChI is InChI=1S/C19H40.2CH4/c1-16(2)11-7-9-13-19(15-18(5)6)14-10-8-12-17(3)4;;/h16-19H,7-15H2,1-6H3;2*1H4. The molecule has 0 bridgehead atoms. The van der Waals surface area contributed by atoms with Gasteiger partial charge in [0, 0.05) is 0 Å². The second-order valence-corrected chi connectivity index (χ2v) is 7.85. The molecule has 0 aromatic carbocycles. The maximum absolute atomic E-state index is 2.38. The van der Waals surface area contributed by atoms with Crippen LogP contribution in [0.25, 0.3) is 0 Å². The van der Waals surface area contributed by atoms with Gasteiger partial charge in [-0.1, -0.05) is 108 Å². The third-order valence-corrected chi connectivity index (χ3v) is 4.09. The Morgan fingerprint density at radius 1 is 0.476 bits per heavy atom. The predicted molar refractivity (Wildman–Crippen MR) is 103 cm³/mol. The van der Waals surface area contributed by atoms with Crippen molar-refractivity contribution >= 4 is 0 Å². The van der Waals surface area contributed by atoms with Gasteiger partial charge in [0.2, 0.25) is 0 Å². The zero-order chi connectivity index (χ0) is 14.7. The van der Waals surface area contributed by atoms with Gasteiger partial charge in [-0.3, -0.25) is 0 Å². The highest BCUT2D eigenvalue weighted by Crippen LogP contribution is 2.25. The lowest BCUT2D eigenvalue weighted by Crippen LogP contribution is -2.05. The molecule has 0 aliphatic carbocycles. The van der Waals surface area contributed by atoms with Crippen molar-refractivity contribution < 1.29 is 0 Å². The van der Waals surface area contributed by atoms with Crippen molar-refractivity contribution in [3.63, 3.8) is 0 Å². The first-order chi connectivity index (χ1) is 8.91. The fourth-order valence-electron chi connectivity index (χ4n) is 3.02. The Kier molecular flexibility index (Phi) is 20.2. The van der Waals surface area contributed by atoms with Crippen LogP contribution in [0.4, 0.5) is 0 Å². The van der Waals surface area contributed by atoms with Crippen LogP contribution in [0.2, 0.25) is 0 Å². The summed E-state index contributed by atoms with van der Waals surface area (Å²) in [5.74, 6) is 3.64. The maximum atomic E-state index is 2.38. The van der Waals surface area contributed by atoms with E-state index in [2.05, 4.69) is 41.5 Å². The largest absolute Gasteiger partial charge is 0.0776 e. The second-order valence-electron chi connectivity index (χ2n) is 7.85. The van der Waals surface area contributed by atoms with Crippen LogP contribution in [0, 0.1) is 23.7 Å². The molecule has 0 saturated carbocycles. The third-order valence-electron chi connectivity index (χ3n) is 4.09. The van der Waals surface area contributed by atoms with E-state index in [1.54, 1.807) is 0 Å². The molecule has 0 nitrogen and oxygen atoms in total. The summed E-state index contributed by atoms with van der Waals surface area (Å²) in [7, 11) is 0. The predicted octanol–water partition coefficient (Wildman–Crippen LogP) is 8.35. The van der Waals surface area contributed by atoms with E-state index in [4.69, 9.17) is 0 Å². The van der Waals surface area contributed by atoms with Gasteiger partial charge in [0.1, 0.15) is 0 Å². The molecule has 0 heterocycles. The van der Waals surface area contributed by atoms with E-state index >= 15 is 0 Å². The molecule has 0 amide bonds. The molecule has 0 unspecified atom stereocenters. The molecule has 0 saturated heterocycles. The van der Waals surface area contributed by atoms with Gasteiger partial charge in [0.15, 0.2) is 0 Å². The summed E-state index contributed by atoms with van der Waals surface area (Å²) in [6, 6.07) is 0. The summed E-state index contributed by atoms with van der Waals surface area (Å²) in [4.78, 5) is 0. The molecule has 0 rings (SSSR count). The van der Waals surface area contributed by atoms with E-state index in [9.17, 15) is 0 Å². The van der Waals surface area contributed by atoms with Crippen LogP contribution < -0.4 is 0 Å². The highest BCUT2D eigenvalue weighted by atomic mass is 14.2. The van der Waals surface area contributed by atoms with Gasteiger partial charge < -0.3 is 0 Å². The van der Waals surface area contributed by atoms with Gasteiger partial charge in [-0.15, -0.1) is 0 Å². The van der Waals surface area contributed by atoms with E-state index in [1.807, 2.05) is 0 Å². The van der Waals surface area contributed by atoms with Crippen LogP contribution in [-0.2, 0) is 0 Å². The molecular formula is C21H48. The number of hydrogen-bond acceptors (Lipinski definition) is 0. The average molecular weight is 301 g/mol. The zero-order valence-electron chi connectivity index (χ0n) is 14.7. The van der Waals surface area contributed by atoms with Crippen molar-refractivity contribution in [3.8, 4) is 0 Å². The Balaban J connectivity index is -0.00000162. The normalized spacial score (nSPS) is 11.1. The summed E-state index contributed by atoms with van der Waals surface area (Å²) in [5.41, 5.74) is 0. The van der Waals surface area contributed by atoms with Gasteiger partial charge in [-0.2, -0.15) is 0 Å². The van der Waals surface area contributed by atoms with Gasteiger partial charge in [0.05, 0.1) is 0 Å². The molecule has 0 fully saturated rings. The number of rotatable bonds is 12. The van der Waals surface area contributed by atoms with Crippen molar-refractivity contribution in [1.29, 1.82) is 0 Å². The molecule has 0 radical (unpaired) electrons. The minimum atomic E-state index is 0. The molecule has 0 aromatic rings. The van der Waals surface area contributed by atoms with Gasteiger partial charge in [-0.05, 0) is 30.1 Å². The van der Waals surface area contributed by atoms with Crippen molar-refractivity contribution in [2.45, 2.75) is 114 Å². The molecule has 0 atom stereocenters. The molecule has 0 spiro atoms. The summed E-state index contributed by atoms with van der Waals surface area (Å²) in [6.45, 7) is 14.1. The summed E-state index contributed by atoms with van der Waals surface area (Å²) in [5, 5.41) is 0. The van der Waals surface area contributed by atoms with Crippen LogP contribution in [0.15, 0.2) is 0 Å². The van der Waals surface area contributed by atoms with Crippen molar-refractivity contribution in [3.05, 3.63) is 0 Å². The van der Waals surface area contributed by atoms with Crippen molar-refractivity contribution in [2.24, 2.45) is 23.7 Å². The Morgan fingerprint density at radius 2 is 0.810 bits per heavy atom. The Hall–Kier alpha value is 0. The van der Waals surface area contributed by atoms with Gasteiger partial charge >= 0.3 is 0 Å². The third kappa shape index (κ3) is 20.0. The van der Waals surface area contributed by atoms with Crippen LogP contribution in [0.3, 0.4) is 0 Å². The van der Waals surface area contributed by atoms with Gasteiger partial charge in [0.25, 0.3) is 0 Å². The molecule has 132 valence electrons. The lowest BCUT2D eigenvalue weighted by Gasteiger charge is -2.19. The Morgan fingerprint density at radius 3 is 1.10 bits per heavy atom. The summed E-state index contributed by atoms with van der Waals surface area (Å²) >= 11 is 0. The molecule has 0 aromatic heterocycles. The first-order valence-corrected chi connectivity index (χ1v) is 8.91. The summed E-state index contributed by atoms with van der Waals surface area (Å²) < 4.78 is 0. The van der Waals surface area contributed by atoms with Crippen LogP contribution in [0.5, 0.6) is 0 Å². The molecule has 0 aliphatic heterocycles. The quantitative estimate of drug-likeness (QED) is 0.318. The smallest absolute Gasteiger partial charge is 0.0412 e. The Labute approximate surface area is 138 Å². The van der Waals surface area contributed by atoms with Crippen LogP contribution in [0.1, 0.15) is 114 Å². The van der Waals surface area contributed by atoms with Crippen LogP contribution in [-0.4, -0.2) is 0 Å². The highest BCUT2D eigenvalue weighted by molar-refractivity contribution is 4.63. The minimum Gasteiger partial charge on any atom is -0.0776 e. The van der Waals surface area contributed by atoms with Crippen LogP contribution >= 0.6 is 0 Å². The lowest BCUT2D eigenvalue weighted by molar-refractivity contribution is 0.334. The second kappa shape index (κ2) is 16.4. The van der Waals surface area contributed by atoms with E-state index < -0.39 is 0 Å². The molecular weight excluding hydrogens is 252 g/mol. The van der Waals surface area contributed by atoms with E-state index in [0.29, 0.717) is 0 Å². The van der Waals surface area contributed by atoms with E-state index in [-0.39, 0.29) is 14.9 Å². The molecule has 0 aliphatic rings. The van der Waals surface area contributed by atoms with E-state index in [0.717, 1.165) is 23.7 Å². The summed E-state index contributed by atoms with van der Waals surface area (Å²) in [6.07, 6.45) is 13.0. The fourth-order valence-corrected chi connectivity index (χ4v) is 3.02. The number of unbranched alkanes of at least 4 members (excludes halogenated alkanes) is 2. The average Bonchev–Trinajstić information content (AvgIpc) is 2.28. The zero-order valence-corrected chi connectivity index (χ0v) is 14.7. The first-order valence-electron chi connectivity index (χ1n) is 8.91. The first kappa shape index (κ1) is 25.9. The van der Waals surface area contributed by atoms with Crippen molar-refractivity contribution in [1.82, 2.24) is 0 Å². The van der Waals surface area contributed by atoms with Crippen molar-refractivity contribution in [2.75, 3.05) is 0 Å². The molecule has 0 heteroatoms. The maximum Gasteiger partial charge on any atom is -0.0412 e. The molecule has 21 heavy (non-hydrogen) atoms. The lowest BCUT2D eigenvalue weighted by atomic mass is 9.87. The SMILES string of the molecule is C.C.CC(C)CCCCC(CCCCC(C)C)CC(C)C. The molecule has 0 N–H and O–H groups in total. The monoisotopic (exact) mass is 300 g/mol. The topological polar surface area (TPSA) is 0 Å². The number of hydrogen-bond donors (Lipinski definition) is 0.